The van der Waals surface area contributed by atoms with Gasteiger partial charge < -0.3 is 33.5 Å². The van der Waals surface area contributed by atoms with Gasteiger partial charge in [0.15, 0.2) is 30.5 Å². The smallest absolute Gasteiger partial charge is 0.329 e. The van der Waals surface area contributed by atoms with E-state index in [9.17, 15) is 33.9 Å². The highest BCUT2D eigenvalue weighted by Crippen LogP contribution is 2.26. The van der Waals surface area contributed by atoms with E-state index in [0.717, 1.165) is 44.7 Å². The first kappa shape index (κ1) is 37.5. The number of hydrogen-bond acceptors (Lipinski definition) is 14. The predicted octanol–water partition coefficient (Wildman–Crippen LogP) is 2.68. The quantitative estimate of drug-likeness (QED) is 0.115. The lowest BCUT2D eigenvalue weighted by atomic mass is 9.97. The average molecular weight is 664 g/mol. The van der Waals surface area contributed by atoms with Gasteiger partial charge in [0.25, 0.3) is 0 Å². The summed E-state index contributed by atoms with van der Waals surface area (Å²) in [5.41, 5.74) is 0.615. The molecule has 1 N–H and O–H groups in total. The molecule has 0 bridgehead atoms. The van der Waals surface area contributed by atoms with Crippen LogP contribution in [0.15, 0.2) is 41.4 Å². The Morgan fingerprint density at radius 3 is 1.93 bits per heavy atom. The zero-order valence-corrected chi connectivity index (χ0v) is 27.1. The summed E-state index contributed by atoms with van der Waals surface area (Å²) in [6, 6.07) is 9.45. The van der Waals surface area contributed by atoms with Crippen LogP contribution in [0.1, 0.15) is 46.1 Å². The van der Waals surface area contributed by atoms with Gasteiger partial charge in [-0.05, 0) is 35.4 Å². The second-order valence-electron chi connectivity index (χ2n) is 10.0. The third-order valence-corrected chi connectivity index (χ3v) is 6.77. The van der Waals surface area contributed by atoms with Gasteiger partial charge in [-0.3, -0.25) is 29.0 Å². The molecule has 0 radical (unpaired) electrons. The van der Waals surface area contributed by atoms with Crippen molar-refractivity contribution < 1.29 is 62.3 Å². The van der Waals surface area contributed by atoms with E-state index in [1.807, 2.05) is 18.2 Å². The number of ether oxygens (including phenoxy) is 6. The van der Waals surface area contributed by atoms with Gasteiger partial charge in [-0.15, -0.1) is 0 Å². The average Bonchev–Trinajstić information content (AvgIpc) is 2.98. The van der Waals surface area contributed by atoms with E-state index in [0.29, 0.717) is 11.3 Å². The fourth-order valence-electron chi connectivity index (χ4n) is 4.28. The lowest BCUT2D eigenvalue weighted by Crippen LogP contribution is -2.53. The number of thiol groups is 1. The molecule has 0 saturated carbocycles. The Labute approximate surface area is 270 Å². The summed E-state index contributed by atoms with van der Waals surface area (Å²) in [5.74, 6) is -6.07. The molecule has 2 aromatic rings. The van der Waals surface area contributed by atoms with Crippen molar-refractivity contribution in [3.8, 4) is 5.75 Å². The van der Waals surface area contributed by atoms with Gasteiger partial charge in [-0.2, -0.15) is 12.6 Å². The number of methoxy groups -OCH3 is 1. The topological polar surface area (TPSA) is 190 Å². The molecule has 0 amide bonds. The van der Waals surface area contributed by atoms with Gasteiger partial charge in [-0.25, -0.2) is 4.79 Å². The van der Waals surface area contributed by atoms with Crippen LogP contribution in [0.25, 0.3) is 10.8 Å². The summed E-state index contributed by atoms with van der Waals surface area (Å²) in [5, 5.41) is 11.1. The molecule has 46 heavy (non-hydrogen) atoms. The minimum absolute atomic E-state index is 0.236. The molecule has 15 heteroatoms. The molecule has 0 aromatic heterocycles. The number of carboxylic acid groups (broad SMARTS) is 1. The molecule has 6 atom stereocenters. The number of rotatable bonds is 16. The molecule has 0 fully saturated rings. The number of aliphatic imine (C=N–C) groups is 1. The van der Waals surface area contributed by atoms with E-state index in [4.69, 9.17) is 28.4 Å². The van der Waals surface area contributed by atoms with Gasteiger partial charge in [0.05, 0.1) is 13.0 Å². The van der Waals surface area contributed by atoms with Crippen LogP contribution in [0.2, 0.25) is 0 Å². The van der Waals surface area contributed by atoms with Crippen molar-refractivity contribution in [1.82, 2.24) is 0 Å². The van der Waals surface area contributed by atoms with E-state index < -0.39 is 78.8 Å². The van der Waals surface area contributed by atoms with Gasteiger partial charge in [-0.1, -0.05) is 24.3 Å². The highest BCUT2D eigenvalue weighted by Gasteiger charge is 2.44. The maximum atomic E-state index is 13.2. The SMILES string of the molecule is COc1ccc2cc(C(C)C(=O)OCC(OC(C)=O)C(OC(C)=O)C(OC(C)=O)C(C=N[C@@H](CS)C(=O)O)OC(C)=O)ccc2c1. The van der Waals surface area contributed by atoms with E-state index in [2.05, 4.69) is 17.6 Å². The number of esters is 5. The molecule has 2 rings (SSSR count). The van der Waals surface area contributed by atoms with Crippen molar-refractivity contribution in [2.75, 3.05) is 19.5 Å². The lowest BCUT2D eigenvalue weighted by molar-refractivity contribution is -0.198. The maximum absolute atomic E-state index is 13.2. The maximum Gasteiger partial charge on any atom is 0.329 e. The van der Waals surface area contributed by atoms with Crippen LogP contribution in [0.3, 0.4) is 0 Å². The second-order valence-corrected chi connectivity index (χ2v) is 10.4. The van der Waals surface area contributed by atoms with Crippen LogP contribution in [0.5, 0.6) is 5.75 Å². The van der Waals surface area contributed by atoms with Gasteiger partial charge in [0.1, 0.15) is 12.4 Å². The van der Waals surface area contributed by atoms with Crippen molar-refractivity contribution in [2.45, 2.75) is 71.0 Å². The van der Waals surface area contributed by atoms with E-state index >= 15 is 0 Å². The Hall–Kier alpha value is -4.66. The fourth-order valence-corrected chi connectivity index (χ4v) is 4.53. The highest BCUT2D eigenvalue weighted by molar-refractivity contribution is 7.80. The molecular weight excluding hydrogens is 626 g/mol. The first-order chi connectivity index (χ1) is 21.7. The summed E-state index contributed by atoms with van der Waals surface area (Å²) in [6.07, 6.45) is -5.80. The summed E-state index contributed by atoms with van der Waals surface area (Å²) in [4.78, 5) is 77.0. The molecule has 0 spiro atoms. The standard InChI is InChI=1S/C31H37NO13S/c1-16(21-7-8-23-12-24(40-6)10-9-22(23)11-21)31(39)41-14-27(43-18(3)34)29(45-20(5)36)28(44-19(4)35)26(42-17(2)33)13-32-25(15-46)30(37)38/h7-13,16,25-29,46H,14-15H2,1-6H3,(H,37,38)/t16?,25-,26?,27?,28?,29?/m0/s1. The van der Waals surface area contributed by atoms with Crippen LogP contribution in [0, 0.1) is 0 Å². The van der Waals surface area contributed by atoms with Gasteiger partial charge in [0, 0.05) is 39.7 Å². The molecule has 0 heterocycles. The van der Waals surface area contributed by atoms with Crippen molar-refractivity contribution >= 4 is 65.4 Å². The predicted molar refractivity (Wildman–Crippen MR) is 166 cm³/mol. The number of carbonyl (C=O) groups is 6. The zero-order chi connectivity index (χ0) is 34.6. The number of benzene rings is 2. The molecule has 0 aliphatic rings. The van der Waals surface area contributed by atoms with Crippen LogP contribution in [0.4, 0.5) is 0 Å². The van der Waals surface area contributed by atoms with Crippen LogP contribution in [-0.2, 0) is 52.5 Å². The molecule has 0 aliphatic heterocycles. The third kappa shape index (κ3) is 11.4. The Morgan fingerprint density at radius 1 is 0.826 bits per heavy atom. The molecule has 2 aromatic carbocycles. The molecule has 250 valence electrons. The normalized spacial score (nSPS) is 15.0. The summed E-state index contributed by atoms with van der Waals surface area (Å²) in [6.45, 7) is 5.02. The Kier molecular flexibility index (Phi) is 14.5. The second kappa shape index (κ2) is 17.7. The third-order valence-electron chi connectivity index (χ3n) is 6.42. The number of aliphatic carboxylic acids is 1. The first-order valence-corrected chi connectivity index (χ1v) is 14.6. The van der Waals surface area contributed by atoms with Crippen molar-refractivity contribution in [1.29, 1.82) is 0 Å². The molecule has 0 saturated heterocycles. The van der Waals surface area contributed by atoms with Gasteiger partial charge >= 0.3 is 35.8 Å². The summed E-state index contributed by atoms with van der Waals surface area (Å²) >= 11 is 3.94. The largest absolute Gasteiger partial charge is 0.497 e. The minimum Gasteiger partial charge on any atom is -0.497 e. The van der Waals surface area contributed by atoms with Crippen LogP contribution < -0.4 is 4.74 Å². The van der Waals surface area contributed by atoms with E-state index in [1.165, 1.54) is 0 Å². The summed E-state index contributed by atoms with van der Waals surface area (Å²) < 4.78 is 32.1. The monoisotopic (exact) mass is 663 g/mol. The lowest BCUT2D eigenvalue weighted by Gasteiger charge is -2.34. The molecule has 0 aliphatic carbocycles. The zero-order valence-electron chi connectivity index (χ0n) is 26.2. The first-order valence-electron chi connectivity index (χ1n) is 14.0. The number of nitrogens with zero attached hydrogens (tertiary/aromatic N) is 1. The van der Waals surface area contributed by atoms with Crippen molar-refractivity contribution in [3.63, 3.8) is 0 Å². The number of fused-ring (bicyclic) bond motifs is 1. The van der Waals surface area contributed by atoms with E-state index in [-0.39, 0.29) is 5.75 Å². The Morgan fingerprint density at radius 2 is 1.39 bits per heavy atom. The number of hydrogen-bond donors (Lipinski definition) is 2. The van der Waals surface area contributed by atoms with Crippen molar-refractivity contribution in [3.05, 3.63) is 42.0 Å². The van der Waals surface area contributed by atoms with Crippen LogP contribution in [-0.4, -0.2) is 97.1 Å². The molecule has 14 nitrogen and oxygen atoms in total. The van der Waals surface area contributed by atoms with Crippen molar-refractivity contribution in [2.24, 2.45) is 4.99 Å². The fraction of sp³-hybridized carbons (Fsp3) is 0.452. The number of carbonyl (C=O) groups excluding carboxylic acids is 5. The van der Waals surface area contributed by atoms with Crippen LogP contribution >= 0.6 is 12.6 Å². The highest BCUT2D eigenvalue weighted by atomic mass is 32.1. The Bertz CT molecular complexity index is 1460. The Balaban J connectivity index is 2.45. The van der Waals surface area contributed by atoms with Gasteiger partial charge in [0.2, 0.25) is 0 Å². The summed E-state index contributed by atoms with van der Waals surface area (Å²) in [7, 11) is 1.56. The molecular formula is C31H37NO13S. The number of carboxylic acids is 1. The molecule has 5 unspecified atom stereocenters. The minimum atomic E-state index is -1.73. The van der Waals surface area contributed by atoms with E-state index in [1.54, 1.807) is 32.2 Å².